The Morgan fingerprint density at radius 1 is 1.24 bits per heavy atom. The van der Waals surface area contributed by atoms with E-state index < -0.39 is 10.0 Å². The fraction of sp³-hybridized carbons (Fsp3) is 0.733. The molecule has 0 spiro atoms. The molecule has 1 aromatic heterocycles. The molecule has 1 heterocycles. The van der Waals surface area contributed by atoms with E-state index in [4.69, 9.17) is 0 Å². The van der Waals surface area contributed by atoms with Crippen molar-refractivity contribution < 1.29 is 8.42 Å². The zero-order valence-electron chi connectivity index (χ0n) is 12.6. The molecule has 0 unspecified atom stereocenters. The van der Waals surface area contributed by atoms with Gasteiger partial charge in [0.25, 0.3) is 0 Å². The Morgan fingerprint density at radius 2 is 1.86 bits per heavy atom. The van der Waals surface area contributed by atoms with E-state index in [2.05, 4.69) is 23.9 Å². The van der Waals surface area contributed by atoms with Crippen LogP contribution in [0.3, 0.4) is 0 Å². The van der Waals surface area contributed by atoms with Gasteiger partial charge in [0.2, 0.25) is 10.0 Å². The predicted molar refractivity (Wildman–Crippen MR) is 85.9 cm³/mol. The molecule has 0 amide bonds. The van der Waals surface area contributed by atoms with Crippen LogP contribution in [0, 0.1) is 11.8 Å². The maximum Gasteiger partial charge on any atom is 0.241 e. The van der Waals surface area contributed by atoms with Crippen LogP contribution in [0.5, 0.6) is 0 Å². The van der Waals surface area contributed by atoms with E-state index in [1.807, 2.05) is 5.38 Å². The third kappa shape index (κ3) is 3.86. The van der Waals surface area contributed by atoms with Crippen LogP contribution < -0.4 is 10.0 Å². The summed E-state index contributed by atoms with van der Waals surface area (Å²) in [5.74, 6) is 1.14. The number of sulfonamides is 1. The zero-order valence-corrected chi connectivity index (χ0v) is 14.3. The second-order valence-corrected chi connectivity index (χ2v) is 9.25. The Balaban J connectivity index is 1.73. The minimum atomic E-state index is -3.38. The summed E-state index contributed by atoms with van der Waals surface area (Å²) in [5.41, 5.74) is 0. The Bertz CT molecular complexity index is 575. The van der Waals surface area contributed by atoms with Gasteiger partial charge in [0.05, 0.1) is 4.90 Å². The molecule has 0 aromatic carbocycles. The zero-order chi connectivity index (χ0) is 15.0. The van der Waals surface area contributed by atoms with Crippen LogP contribution in [0.2, 0.25) is 0 Å². The smallest absolute Gasteiger partial charge is 0.241 e. The van der Waals surface area contributed by atoms with Crippen LogP contribution in [0.4, 0.5) is 0 Å². The third-order valence-electron chi connectivity index (χ3n) is 4.22. The number of thiophene rings is 1. The van der Waals surface area contributed by atoms with Gasteiger partial charge in [0, 0.05) is 23.5 Å². The van der Waals surface area contributed by atoms with Gasteiger partial charge < -0.3 is 5.32 Å². The summed E-state index contributed by atoms with van der Waals surface area (Å²) in [6.45, 7) is 4.75. The van der Waals surface area contributed by atoms with Crippen LogP contribution >= 0.6 is 11.3 Å². The summed E-state index contributed by atoms with van der Waals surface area (Å²) in [4.78, 5) is 1.37. The van der Waals surface area contributed by atoms with E-state index in [-0.39, 0.29) is 6.04 Å². The summed E-state index contributed by atoms with van der Waals surface area (Å²) in [7, 11) is -3.38. The van der Waals surface area contributed by atoms with Crippen molar-refractivity contribution in [2.24, 2.45) is 11.8 Å². The van der Waals surface area contributed by atoms with E-state index in [1.54, 1.807) is 6.07 Å². The average Bonchev–Trinajstić information content (AvgIpc) is 3.32. The largest absolute Gasteiger partial charge is 0.310 e. The molecule has 1 aromatic rings. The molecule has 2 fully saturated rings. The number of nitrogens with one attached hydrogen (secondary N) is 2. The molecule has 0 aliphatic heterocycles. The lowest BCUT2D eigenvalue weighted by molar-refractivity contribution is 0.471. The Kier molecular flexibility index (Phi) is 4.41. The van der Waals surface area contributed by atoms with Gasteiger partial charge in [0.1, 0.15) is 0 Å². The molecule has 0 bridgehead atoms. The van der Waals surface area contributed by atoms with Crippen molar-refractivity contribution in [3.63, 3.8) is 0 Å². The molecule has 2 N–H and O–H groups in total. The van der Waals surface area contributed by atoms with Gasteiger partial charge in [-0.25, -0.2) is 13.1 Å². The highest BCUT2D eigenvalue weighted by atomic mass is 32.2. The molecule has 0 radical (unpaired) electrons. The van der Waals surface area contributed by atoms with Gasteiger partial charge in [-0.1, -0.05) is 13.8 Å². The van der Waals surface area contributed by atoms with Crippen molar-refractivity contribution >= 4 is 21.4 Å². The molecule has 0 atom stereocenters. The molecular formula is C15H24N2O2S2. The fourth-order valence-corrected chi connectivity index (χ4v) is 5.49. The van der Waals surface area contributed by atoms with Gasteiger partial charge in [-0.15, -0.1) is 11.3 Å². The summed E-state index contributed by atoms with van der Waals surface area (Å²) < 4.78 is 28.4. The van der Waals surface area contributed by atoms with Crippen molar-refractivity contribution in [2.45, 2.75) is 63.1 Å². The highest BCUT2D eigenvalue weighted by molar-refractivity contribution is 7.89. The van der Waals surface area contributed by atoms with Crippen LogP contribution in [0.15, 0.2) is 16.3 Å². The summed E-state index contributed by atoms with van der Waals surface area (Å²) >= 11 is 1.51. The molecule has 2 aliphatic carbocycles. The van der Waals surface area contributed by atoms with E-state index in [0.717, 1.165) is 4.88 Å². The SMILES string of the molecule is CC(C)NCc1sccc1S(=O)(=O)NC(C1CC1)C1CC1. The molecule has 2 aliphatic rings. The highest BCUT2D eigenvalue weighted by Crippen LogP contribution is 2.45. The van der Waals surface area contributed by atoms with E-state index in [0.29, 0.717) is 29.3 Å². The lowest BCUT2D eigenvalue weighted by Crippen LogP contribution is -2.38. The molecule has 4 nitrogen and oxygen atoms in total. The van der Waals surface area contributed by atoms with E-state index >= 15 is 0 Å². The topological polar surface area (TPSA) is 58.2 Å². The van der Waals surface area contributed by atoms with Gasteiger partial charge >= 0.3 is 0 Å². The molecule has 2 saturated carbocycles. The molecular weight excluding hydrogens is 304 g/mol. The van der Waals surface area contributed by atoms with Gasteiger partial charge in [0.15, 0.2) is 0 Å². The normalized spacial score (nSPS) is 19.6. The minimum Gasteiger partial charge on any atom is -0.310 e. The summed E-state index contributed by atoms with van der Waals surface area (Å²) in [5, 5.41) is 5.17. The molecule has 6 heteroatoms. The Morgan fingerprint density at radius 3 is 2.38 bits per heavy atom. The Hall–Kier alpha value is -0.430. The fourth-order valence-electron chi connectivity index (χ4n) is 2.72. The van der Waals surface area contributed by atoms with E-state index in [1.165, 1.54) is 37.0 Å². The molecule has 3 rings (SSSR count). The van der Waals surface area contributed by atoms with Gasteiger partial charge in [-0.05, 0) is 49.0 Å². The lowest BCUT2D eigenvalue weighted by Gasteiger charge is -2.18. The van der Waals surface area contributed by atoms with E-state index in [9.17, 15) is 8.42 Å². The first-order valence-electron chi connectivity index (χ1n) is 7.79. The standard InChI is InChI=1S/C15H24N2O2S2/c1-10(2)16-9-13-14(7-8-20-13)21(18,19)17-15(11-3-4-11)12-5-6-12/h7-8,10-12,15-17H,3-6,9H2,1-2H3. The maximum absolute atomic E-state index is 12.7. The van der Waals surface area contributed by atoms with Crippen LogP contribution in [0.25, 0.3) is 0 Å². The molecule has 21 heavy (non-hydrogen) atoms. The van der Waals surface area contributed by atoms with Crippen LogP contribution in [0.1, 0.15) is 44.4 Å². The minimum absolute atomic E-state index is 0.167. The van der Waals surface area contributed by atoms with Crippen LogP contribution in [-0.4, -0.2) is 20.5 Å². The number of hydrogen-bond donors (Lipinski definition) is 2. The van der Waals surface area contributed by atoms with Gasteiger partial charge in [-0.2, -0.15) is 0 Å². The molecule has 118 valence electrons. The van der Waals surface area contributed by atoms with Gasteiger partial charge in [-0.3, -0.25) is 0 Å². The third-order valence-corrected chi connectivity index (χ3v) is 6.81. The lowest BCUT2D eigenvalue weighted by atomic mass is 10.1. The quantitative estimate of drug-likeness (QED) is 0.771. The van der Waals surface area contributed by atoms with Crippen molar-refractivity contribution in [1.82, 2.24) is 10.0 Å². The highest BCUT2D eigenvalue weighted by Gasteiger charge is 2.43. The van der Waals surface area contributed by atoms with Crippen molar-refractivity contribution in [3.05, 3.63) is 16.3 Å². The van der Waals surface area contributed by atoms with Crippen molar-refractivity contribution in [1.29, 1.82) is 0 Å². The number of rotatable bonds is 8. The van der Waals surface area contributed by atoms with Crippen LogP contribution in [-0.2, 0) is 16.6 Å². The second-order valence-electron chi connectivity index (χ2n) is 6.57. The van der Waals surface area contributed by atoms with Crippen molar-refractivity contribution in [2.75, 3.05) is 0 Å². The first-order chi connectivity index (χ1) is 9.97. The summed E-state index contributed by atoms with van der Waals surface area (Å²) in [6.07, 6.45) is 4.70. The first kappa shape index (κ1) is 15.5. The first-order valence-corrected chi connectivity index (χ1v) is 10.2. The maximum atomic E-state index is 12.7. The Labute approximate surface area is 131 Å². The monoisotopic (exact) mass is 328 g/mol. The van der Waals surface area contributed by atoms with Crippen molar-refractivity contribution in [3.8, 4) is 0 Å². The molecule has 0 saturated heterocycles. The number of hydrogen-bond acceptors (Lipinski definition) is 4. The summed E-state index contributed by atoms with van der Waals surface area (Å²) in [6, 6.07) is 2.25. The predicted octanol–water partition coefficient (Wildman–Crippen LogP) is 2.71. The second kappa shape index (κ2) is 5.99. The average molecular weight is 329 g/mol.